The monoisotopic (exact) mass is 706 g/mol. The van der Waals surface area contributed by atoms with E-state index in [4.69, 9.17) is 0 Å². The number of hydrogen-bond donors (Lipinski definition) is 0. The van der Waals surface area contributed by atoms with Gasteiger partial charge < -0.3 is 9.13 Å². The molecule has 256 valence electrons. The van der Waals surface area contributed by atoms with Crippen LogP contribution >= 0.6 is 0 Å². The molecule has 0 aliphatic heterocycles. The Morgan fingerprint density at radius 3 is 1.12 bits per heavy atom. The van der Waals surface area contributed by atoms with E-state index in [2.05, 4.69) is 191 Å². The first-order chi connectivity index (χ1) is 27.8. The molecule has 56 heavy (non-hydrogen) atoms. The van der Waals surface area contributed by atoms with Crippen LogP contribution in [0.2, 0.25) is 0 Å². The number of hydrogen-bond acceptors (Lipinski definition) is 0. The number of nitrogens with zero attached hydrogens (tertiary/aromatic N) is 2. The minimum Gasteiger partial charge on any atom is -0.308 e. The summed E-state index contributed by atoms with van der Waals surface area (Å²) < 4.78 is 5.19. The molecule has 0 saturated heterocycles. The molecule has 0 amide bonds. The highest BCUT2D eigenvalue weighted by molar-refractivity contribution is 6.43. The summed E-state index contributed by atoms with van der Waals surface area (Å²) in [5.41, 5.74) is 7.37. The van der Waals surface area contributed by atoms with Crippen molar-refractivity contribution in [3.63, 3.8) is 0 Å². The van der Waals surface area contributed by atoms with Gasteiger partial charge >= 0.3 is 0 Å². The fourth-order valence-corrected chi connectivity index (χ4v) is 10.9. The van der Waals surface area contributed by atoms with Crippen molar-refractivity contribution in [2.75, 3.05) is 0 Å². The van der Waals surface area contributed by atoms with Gasteiger partial charge in [-0.2, -0.15) is 0 Å². The standard InChI is InChI=1S/C54H30N2/c1-2-17-33-32(16-1)38-22-13-25-41-49(38)42(33)30-43-50(41)54(56-46-28-9-5-20-36(46)37-21-6-10-29-47(37)56)52-40-24-12-15-31-14-11-23-39(48(31)40)51(52)53(43)55-44-26-7-3-18-34(44)35-19-4-8-27-45(35)55/h1-30H. The van der Waals surface area contributed by atoms with Crippen molar-refractivity contribution in [1.82, 2.24) is 9.13 Å². The molecule has 2 aromatic heterocycles. The second-order valence-electron chi connectivity index (χ2n) is 15.5. The van der Waals surface area contributed by atoms with Crippen LogP contribution in [0.4, 0.5) is 0 Å². The lowest BCUT2D eigenvalue weighted by atomic mass is 9.92. The first-order valence-electron chi connectivity index (χ1n) is 19.5. The Kier molecular flexibility index (Phi) is 5.28. The number of fused-ring (bicyclic) bond motifs is 14. The fraction of sp³-hybridized carbons (Fsp3) is 0. The van der Waals surface area contributed by atoms with Gasteiger partial charge in [0, 0.05) is 43.1 Å². The van der Waals surface area contributed by atoms with Gasteiger partial charge in [-0.15, -0.1) is 0 Å². The van der Waals surface area contributed by atoms with Crippen LogP contribution in [0.25, 0.3) is 130 Å². The molecule has 0 bridgehead atoms. The molecule has 0 aliphatic carbocycles. The van der Waals surface area contributed by atoms with Crippen molar-refractivity contribution in [2.24, 2.45) is 0 Å². The minimum atomic E-state index is 1.22. The Balaban J connectivity index is 1.39. The zero-order chi connectivity index (χ0) is 36.2. The largest absolute Gasteiger partial charge is 0.308 e. The van der Waals surface area contributed by atoms with Crippen molar-refractivity contribution in [3.05, 3.63) is 182 Å². The van der Waals surface area contributed by atoms with Gasteiger partial charge in [0.25, 0.3) is 0 Å². The van der Waals surface area contributed by atoms with Crippen molar-refractivity contribution in [1.29, 1.82) is 0 Å². The Hall–Kier alpha value is -7.42. The Morgan fingerprint density at radius 2 is 0.589 bits per heavy atom. The zero-order valence-corrected chi connectivity index (χ0v) is 30.2. The summed E-state index contributed by atoms with van der Waals surface area (Å²) in [5, 5.41) is 23.2. The molecule has 0 aliphatic rings. The SMILES string of the molecule is c1ccc2c(c1)c1cccc3c4c(-n5c6ccccc6c6ccccc65)c5c6cccc7cccc(c5c(-n5c8ccccc8c8ccccc85)c4cc2c13)c76. The van der Waals surface area contributed by atoms with Gasteiger partial charge in [0.15, 0.2) is 0 Å². The Morgan fingerprint density at radius 1 is 0.214 bits per heavy atom. The molecule has 2 heterocycles. The quantitative estimate of drug-likeness (QED) is 0.158. The molecular weight excluding hydrogens is 677 g/mol. The van der Waals surface area contributed by atoms with E-state index < -0.39 is 0 Å². The highest BCUT2D eigenvalue weighted by Gasteiger charge is 2.29. The predicted octanol–water partition coefficient (Wildman–Crippen LogP) is 14.8. The first-order valence-corrected chi connectivity index (χ1v) is 19.5. The van der Waals surface area contributed by atoms with Gasteiger partial charge in [-0.05, 0) is 84.2 Å². The van der Waals surface area contributed by atoms with E-state index in [1.165, 1.54) is 130 Å². The van der Waals surface area contributed by atoms with E-state index in [1.54, 1.807) is 0 Å². The van der Waals surface area contributed by atoms with Crippen LogP contribution < -0.4 is 0 Å². The summed E-state index contributed by atoms with van der Waals surface area (Å²) in [6.07, 6.45) is 0. The van der Waals surface area contributed by atoms with Crippen molar-refractivity contribution in [3.8, 4) is 11.4 Å². The van der Waals surface area contributed by atoms with Crippen LogP contribution in [0.15, 0.2) is 182 Å². The highest BCUT2D eigenvalue weighted by atomic mass is 15.0. The lowest BCUT2D eigenvalue weighted by Gasteiger charge is -2.22. The van der Waals surface area contributed by atoms with Crippen LogP contribution in [0, 0.1) is 0 Å². The second-order valence-corrected chi connectivity index (χ2v) is 15.5. The van der Waals surface area contributed by atoms with Gasteiger partial charge in [0.05, 0.1) is 33.4 Å². The zero-order valence-electron chi connectivity index (χ0n) is 30.2. The minimum absolute atomic E-state index is 1.22. The summed E-state index contributed by atoms with van der Waals surface area (Å²) in [6.45, 7) is 0. The third-order valence-electron chi connectivity index (χ3n) is 12.9. The van der Waals surface area contributed by atoms with Crippen LogP contribution in [-0.2, 0) is 0 Å². The fourth-order valence-electron chi connectivity index (χ4n) is 10.9. The van der Waals surface area contributed by atoms with Crippen molar-refractivity contribution >= 4 is 119 Å². The normalized spacial score (nSPS) is 12.6. The number of aromatic nitrogens is 2. The molecule has 0 unspecified atom stereocenters. The summed E-state index contributed by atoms with van der Waals surface area (Å²) in [6, 6.07) is 68.2. The predicted molar refractivity (Wildman–Crippen MR) is 240 cm³/mol. The van der Waals surface area contributed by atoms with Crippen LogP contribution in [0.3, 0.4) is 0 Å². The van der Waals surface area contributed by atoms with Gasteiger partial charge in [-0.25, -0.2) is 0 Å². The Bertz CT molecular complexity index is 3880. The van der Waals surface area contributed by atoms with Gasteiger partial charge in [0.1, 0.15) is 0 Å². The summed E-state index contributed by atoms with van der Waals surface area (Å²) in [5.74, 6) is 0. The number of rotatable bonds is 2. The number of benzene rings is 10. The van der Waals surface area contributed by atoms with Crippen LogP contribution in [0.5, 0.6) is 0 Å². The summed E-state index contributed by atoms with van der Waals surface area (Å²) in [4.78, 5) is 0. The van der Waals surface area contributed by atoms with E-state index in [0.717, 1.165) is 0 Å². The van der Waals surface area contributed by atoms with E-state index in [9.17, 15) is 0 Å². The molecular formula is C54H30N2. The molecule has 14 rings (SSSR count). The molecule has 14 aromatic rings. The summed E-state index contributed by atoms with van der Waals surface area (Å²) in [7, 11) is 0. The van der Waals surface area contributed by atoms with Crippen molar-refractivity contribution in [2.45, 2.75) is 0 Å². The highest BCUT2D eigenvalue weighted by Crippen LogP contribution is 2.54. The van der Waals surface area contributed by atoms with E-state index in [0.29, 0.717) is 0 Å². The molecule has 0 spiro atoms. The molecule has 0 atom stereocenters. The van der Waals surface area contributed by atoms with Crippen LogP contribution in [0.1, 0.15) is 0 Å². The molecule has 0 fully saturated rings. The molecule has 0 saturated carbocycles. The molecule has 2 heteroatoms. The first kappa shape index (κ1) is 29.0. The third kappa shape index (κ3) is 3.37. The number of para-hydroxylation sites is 4. The van der Waals surface area contributed by atoms with E-state index in [-0.39, 0.29) is 0 Å². The van der Waals surface area contributed by atoms with E-state index >= 15 is 0 Å². The molecule has 0 N–H and O–H groups in total. The van der Waals surface area contributed by atoms with Gasteiger partial charge in [-0.1, -0.05) is 152 Å². The molecule has 0 radical (unpaired) electrons. The van der Waals surface area contributed by atoms with Gasteiger partial charge in [0.2, 0.25) is 0 Å². The maximum atomic E-state index is 2.60. The second kappa shape index (κ2) is 10.2. The topological polar surface area (TPSA) is 9.86 Å². The van der Waals surface area contributed by atoms with Crippen molar-refractivity contribution < 1.29 is 0 Å². The average Bonchev–Trinajstić information content (AvgIpc) is 3.98. The van der Waals surface area contributed by atoms with Crippen LogP contribution in [-0.4, -0.2) is 9.13 Å². The summed E-state index contributed by atoms with van der Waals surface area (Å²) >= 11 is 0. The molecule has 12 aromatic carbocycles. The Labute approximate surface area is 320 Å². The maximum absolute atomic E-state index is 2.60. The van der Waals surface area contributed by atoms with E-state index in [1.807, 2.05) is 0 Å². The average molecular weight is 707 g/mol. The third-order valence-corrected chi connectivity index (χ3v) is 12.9. The smallest absolute Gasteiger partial charge is 0.0633 e. The molecule has 2 nitrogen and oxygen atoms in total. The maximum Gasteiger partial charge on any atom is 0.0633 e. The van der Waals surface area contributed by atoms with Gasteiger partial charge in [-0.3, -0.25) is 0 Å². The lowest BCUT2D eigenvalue weighted by molar-refractivity contribution is 1.20. The lowest BCUT2D eigenvalue weighted by Crippen LogP contribution is -2.02.